The number of hydrogen-bond donors (Lipinski definition) is 1. The molecule has 1 N–H and O–H groups in total. The third-order valence-corrected chi connectivity index (χ3v) is 1.70. The van der Waals surface area contributed by atoms with E-state index in [2.05, 4.69) is 38.7 Å². The zero-order chi connectivity index (χ0) is 11.4. The summed E-state index contributed by atoms with van der Waals surface area (Å²) in [6.45, 7) is 15.3. The molecule has 1 aliphatic rings. The SMILES string of the molecule is C=C1NCCC/C1=C/C.CC.CCC. The maximum absolute atomic E-state index is 3.89. The van der Waals surface area contributed by atoms with Crippen molar-refractivity contribution >= 4 is 0 Å². The molecule has 0 radical (unpaired) electrons. The first kappa shape index (κ1) is 15.7. The van der Waals surface area contributed by atoms with Crippen LogP contribution in [0, 0.1) is 0 Å². The van der Waals surface area contributed by atoms with Gasteiger partial charge in [-0.25, -0.2) is 0 Å². The first-order chi connectivity index (χ1) is 6.76. The van der Waals surface area contributed by atoms with Crippen molar-refractivity contribution in [1.82, 2.24) is 5.32 Å². The molecule has 1 heteroatoms. The molecule has 0 bridgehead atoms. The van der Waals surface area contributed by atoms with Crippen LogP contribution in [0.1, 0.15) is 53.9 Å². The standard InChI is InChI=1S/C8H13N.C3H8.C2H6/c1-3-8-5-4-6-9-7(8)2;1-3-2;1-2/h3,9H,2,4-6H2,1H3;3H2,1-2H3;1-2H3/b8-3-;;. The van der Waals surface area contributed by atoms with Crippen molar-refractivity contribution < 1.29 is 0 Å². The van der Waals surface area contributed by atoms with Gasteiger partial charge < -0.3 is 5.32 Å². The first-order valence-electron chi connectivity index (χ1n) is 5.84. The largest absolute Gasteiger partial charge is 0.385 e. The fourth-order valence-corrected chi connectivity index (χ4v) is 1.10. The van der Waals surface area contributed by atoms with Crippen molar-refractivity contribution in [1.29, 1.82) is 0 Å². The topological polar surface area (TPSA) is 12.0 Å². The van der Waals surface area contributed by atoms with Gasteiger partial charge in [-0.1, -0.05) is 46.8 Å². The normalized spacial score (nSPS) is 17.2. The predicted molar refractivity (Wildman–Crippen MR) is 67.4 cm³/mol. The second kappa shape index (κ2) is 12.3. The molecule has 1 fully saturated rings. The smallest absolute Gasteiger partial charge is 0.0296 e. The van der Waals surface area contributed by atoms with Crippen molar-refractivity contribution in [2.24, 2.45) is 0 Å². The minimum absolute atomic E-state index is 1.09. The summed E-state index contributed by atoms with van der Waals surface area (Å²) >= 11 is 0. The highest BCUT2D eigenvalue weighted by Gasteiger charge is 2.05. The van der Waals surface area contributed by atoms with E-state index in [1.165, 1.54) is 24.8 Å². The Morgan fingerprint density at radius 2 is 1.86 bits per heavy atom. The summed E-state index contributed by atoms with van der Waals surface area (Å²) in [6, 6.07) is 0. The van der Waals surface area contributed by atoms with Crippen LogP contribution < -0.4 is 5.32 Å². The highest BCUT2D eigenvalue weighted by atomic mass is 14.9. The molecular weight excluding hydrogens is 170 g/mol. The molecule has 0 unspecified atom stereocenters. The molecule has 0 aromatic rings. The Bertz CT molecular complexity index is 157. The Kier molecular flexibility index (Phi) is 13.8. The van der Waals surface area contributed by atoms with Crippen LogP contribution in [0.4, 0.5) is 0 Å². The third-order valence-electron chi connectivity index (χ3n) is 1.70. The van der Waals surface area contributed by atoms with E-state index >= 15 is 0 Å². The van der Waals surface area contributed by atoms with Gasteiger partial charge in [-0.2, -0.15) is 0 Å². The van der Waals surface area contributed by atoms with E-state index in [0.29, 0.717) is 0 Å². The van der Waals surface area contributed by atoms with E-state index in [4.69, 9.17) is 0 Å². The summed E-state index contributed by atoms with van der Waals surface area (Å²) in [6.07, 6.45) is 5.83. The summed E-state index contributed by atoms with van der Waals surface area (Å²) in [4.78, 5) is 0. The Morgan fingerprint density at radius 1 is 1.36 bits per heavy atom. The number of piperidine rings is 1. The molecule has 0 aromatic carbocycles. The molecule has 1 nitrogen and oxygen atoms in total. The van der Waals surface area contributed by atoms with Crippen molar-refractivity contribution in [3.8, 4) is 0 Å². The fraction of sp³-hybridized carbons (Fsp3) is 0.692. The van der Waals surface area contributed by atoms with Crippen LogP contribution in [-0.4, -0.2) is 6.54 Å². The molecule has 1 rings (SSSR count). The van der Waals surface area contributed by atoms with Gasteiger partial charge in [-0.05, 0) is 25.3 Å². The Balaban J connectivity index is 0. The molecule has 1 aliphatic heterocycles. The molecule has 0 atom stereocenters. The lowest BCUT2D eigenvalue weighted by molar-refractivity contribution is 0.670. The number of nitrogens with one attached hydrogen (secondary N) is 1. The molecule has 0 aromatic heterocycles. The van der Waals surface area contributed by atoms with Gasteiger partial charge in [0.15, 0.2) is 0 Å². The lowest BCUT2D eigenvalue weighted by atomic mass is 10.0. The van der Waals surface area contributed by atoms with E-state index in [-0.39, 0.29) is 0 Å². The van der Waals surface area contributed by atoms with Gasteiger partial charge in [0.1, 0.15) is 0 Å². The average molecular weight is 197 g/mol. The molecule has 84 valence electrons. The minimum Gasteiger partial charge on any atom is -0.385 e. The highest BCUT2D eigenvalue weighted by molar-refractivity contribution is 5.27. The van der Waals surface area contributed by atoms with E-state index < -0.39 is 0 Å². The predicted octanol–water partition coefficient (Wildman–Crippen LogP) is 4.27. The maximum Gasteiger partial charge on any atom is 0.0296 e. The number of allylic oxidation sites excluding steroid dienone is 2. The van der Waals surface area contributed by atoms with Gasteiger partial charge >= 0.3 is 0 Å². The molecule has 1 heterocycles. The average Bonchev–Trinajstić information content (AvgIpc) is 2.23. The zero-order valence-electron chi connectivity index (χ0n) is 10.6. The van der Waals surface area contributed by atoms with Crippen molar-refractivity contribution in [3.63, 3.8) is 0 Å². The number of rotatable bonds is 0. The molecule has 0 spiro atoms. The summed E-state index contributed by atoms with van der Waals surface area (Å²) in [5.41, 5.74) is 2.49. The molecule has 0 aliphatic carbocycles. The van der Waals surface area contributed by atoms with Gasteiger partial charge in [0.05, 0.1) is 0 Å². The van der Waals surface area contributed by atoms with Crippen LogP contribution >= 0.6 is 0 Å². The van der Waals surface area contributed by atoms with Crippen molar-refractivity contribution in [2.45, 2.75) is 53.9 Å². The molecule has 0 saturated carbocycles. The Morgan fingerprint density at radius 3 is 2.14 bits per heavy atom. The second-order valence-corrected chi connectivity index (χ2v) is 3.03. The van der Waals surface area contributed by atoms with Crippen LogP contribution in [0.5, 0.6) is 0 Å². The quantitative estimate of drug-likeness (QED) is 0.611. The lowest BCUT2D eigenvalue weighted by Crippen LogP contribution is -2.20. The van der Waals surface area contributed by atoms with Crippen molar-refractivity contribution in [3.05, 3.63) is 23.9 Å². The monoisotopic (exact) mass is 197 g/mol. The Labute approximate surface area is 90.3 Å². The van der Waals surface area contributed by atoms with Gasteiger partial charge in [-0.3, -0.25) is 0 Å². The van der Waals surface area contributed by atoms with Crippen LogP contribution in [0.2, 0.25) is 0 Å². The maximum atomic E-state index is 3.89. The van der Waals surface area contributed by atoms with Crippen molar-refractivity contribution in [2.75, 3.05) is 6.54 Å². The fourth-order valence-electron chi connectivity index (χ4n) is 1.10. The van der Waals surface area contributed by atoms with Crippen LogP contribution in [0.25, 0.3) is 0 Å². The van der Waals surface area contributed by atoms with Crippen LogP contribution in [0.3, 0.4) is 0 Å². The van der Waals surface area contributed by atoms with Gasteiger partial charge in [0.2, 0.25) is 0 Å². The second-order valence-electron chi connectivity index (χ2n) is 3.03. The van der Waals surface area contributed by atoms with E-state index in [9.17, 15) is 0 Å². The van der Waals surface area contributed by atoms with E-state index in [0.717, 1.165) is 12.2 Å². The lowest BCUT2D eigenvalue weighted by Gasteiger charge is -2.18. The summed E-state index contributed by atoms with van der Waals surface area (Å²) in [7, 11) is 0. The first-order valence-corrected chi connectivity index (χ1v) is 5.84. The molecular formula is C13H27N. The van der Waals surface area contributed by atoms with Gasteiger partial charge in [-0.15, -0.1) is 0 Å². The van der Waals surface area contributed by atoms with Crippen LogP contribution in [0.15, 0.2) is 23.9 Å². The highest BCUT2D eigenvalue weighted by Crippen LogP contribution is 2.15. The number of hydrogen-bond acceptors (Lipinski definition) is 1. The van der Waals surface area contributed by atoms with E-state index in [1.54, 1.807) is 0 Å². The minimum atomic E-state index is 1.09. The molecule has 0 amide bonds. The zero-order valence-corrected chi connectivity index (χ0v) is 10.6. The van der Waals surface area contributed by atoms with Gasteiger partial charge in [0, 0.05) is 12.2 Å². The van der Waals surface area contributed by atoms with E-state index in [1.807, 2.05) is 13.8 Å². The van der Waals surface area contributed by atoms with Crippen LogP contribution in [-0.2, 0) is 0 Å². The molecule has 1 saturated heterocycles. The van der Waals surface area contributed by atoms with Gasteiger partial charge in [0.25, 0.3) is 0 Å². The summed E-state index contributed by atoms with van der Waals surface area (Å²) in [5, 5.41) is 3.22. The molecule has 14 heavy (non-hydrogen) atoms. The Hall–Kier alpha value is -0.720. The third kappa shape index (κ3) is 7.90. The summed E-state index contributed by atoms with van der Waals surface area (Å²) in [5.74, 6) is 0. The summed E-state index contributed by atoms with van der Waals surface area (Å²) < 4.78 is 0.